The number of hydrogen-bond donors (Lipinski definition) is 0. The first-order chi connectivity index (χ1) is 10.9. The minimum Gasteiger partial charge on any atom is -0.377 e. The van der Waals surface area contributed by atoms with Crippen molar-refractivity contribution in [2.24, 2.45) is 0 Å². The molecule has 0 radical (unpaired) electrons. The van der Waals surface area contributed by atoms with Gasteiger partial charge in [-0.2, -0.15) is 0 Å². The molecule has 0 aromatic rings. The minimum atomic E-state index is -0.0325. The highest BCUT2D eigenvalue weighted by Gasteiger charge is 2.36. The smallest absolute Gasteiger partial charge is 0.0652 e. The summed E-state index contributed by atoms with van der Waals surface area (Å²) in [5.74, 6) is 0. The number of nitrogens with zero attached hydrogens (tertiary/aromatic N) is 2. The molecule has 1 aliphatic rings. The molecule has 4 heteroatoms. The first kappa shape index (κ1) is 21.9. The van der Waals surface area contributed by atoms with E-state index in [2.05, 4.69) is 72.1 Å². The standard InChI is InChI=1S/C20H42N2O2/c1-10-20(8,9)24-16-19(6,7)22-13-11-21(12-14-22)18(4,5)15-23-17(2)3/h17H,10-16H2,1-9H3. The topological polar surface area (TPSA) is 24.9 Å². The maximum Gasteiger partial charge on any atom is 0.0652 e. The predicted molar refractivity (Wildman–Crippen MR) is 103 cm³/mol. The van der Waals surface area contributed by atoms with Crippen LogP contribution >= 0.6 is 0 Å². The Morgan fingerprint density at radius 2 is 1.21 bits per heavy atom. The Balaban J connectivity index is 2.51. The molecule has 0 aliphatic carbocycles. The fourth-order valence-electron chi connectivity index (χ4n) is 2.94. The van der Waals surface area contributed by atoms with E-state index in [4.69, 9.17) is 9.47 Å². The van der Waals surface area contributed by atoms with Gasteiger partial charge in [0.15, 0.2) is 0 Å². The summed E-state index contributed by atoms with van der Waals surface area (Å²) >= 11 is 0. The molecule has 24 heavy (non-hydrogen) atoms. The lowest BCUT2D eigenvalue weighted by Gasteiger charge is -2.49. The number of rotatable bonds is 9. The zero-order valence-corrected chi connectivity index (χ0v) is 17.7. The molecule has 0 aromatic carbocycles. The van der Waals surface area contributed by atoms with Crippen LogP contribution in [0.25, 0.3) is 0 Å². The molecule has 0 spiro atoms. The van der Waals surface area contributed by atoms with Gasteiger partial charge in [0.1, 0.15) is 0 Å². The average Bonchev–Trinajstić information content (AvgIpc) is 2.51. The molecular formula is C20H42N2O2. The monoisotopic (exact) mass is 342 g/mol. The minimum absolute atomic E-state index is 0.0325. The van der Waals surface area contributed by atoms with Crippen molar-refractivity contribution in [3.8, 4) is 0 Å². The van der Waals surface area contributed by atoms with Crippen LogP contribution in [0.4, 0.5) is 0 Å². The fourth-order valence-corrected chi connectivity index (χ4v) is 2.94. The SMILES string of the molecule is CCC(C)(C)OCC(C)(C)N1CCN(C(C)(C)COC(C)C)CC1. The van der Waals surface area contributed by atoms with Crippen LogP contribution in [0.2, 0.25) is 0 Å². The molecule has 1 aliphatic heterocycles. The van der Waals surface area contributed by atoms with Crippen molar-refractivity contribution >= 4 is 0 Å². The van der Waals surface area contributed by atoms with E-state index in [0.29, 0.717) is 6.10 Å². The Kier molecular flexibility index (Phi) is 7.73. The largest absolute Gasteiger partial charge is 0.377 e. The van der Waals surface area contributed by atoms with E-state index in [1.165, 1.54) is 0 Å². The summed E-state index contributed by atoms with van der Waals surface area (Å²) in [5.41, 5.74) is 0.146. The van der Waals surface area contributed by atoms with Crippen molar-refractivity contribution in [1.29, 1.82) is 0 Å². The highest BCUT2D eigenvalue weighted by molar-refractivity contribution is 4.91. The van der Waals surface area contributed by atoms with Crippen molar-refractivity contribution in [3.05, 3.63) is 0 Å². The third kappa shape index (κ3) is 6.62. The lowest BCUT2D eigenvalue weighted by molar-refractivity contribution is -0.0911. The Hall–Kier alpha value is -0.160. The Labute approximate surface area is 150 Å². The summed E-state index contributed by atoms with van der Waals surface area (Å²) in [7, 11) is 0. The first-order valence-electron chi connectivity index (χ1n) is 9.65. The van der Waals surface area contributed by atoms with Gasteiger partial charge in [-0.1, -0.05) is 6.92 Å². The first-order valence-corrected chi connectivity index (χ1v) is 9.65. The van der Waals surface area contributed by atoms with Gasteiger partial charge in [0.25, 0.3) is 0 Å². The summed E-state index contributed by atoms with van der Waals surface area (Å²) in [6.45, 7) is 25.9. The maximum atomic E-state index is 6.18. The van der Waals surface area contributed by atoms with Crippen LogP contribution in [-0.4, -0.2) is 72.0 Å². The molecular weight excluding hydrogens is 300 g/mol. The van der Waals surface area contributed by atoms with Gasteiger partial charge < -0.3 is 9.47 Å². The number of hydrogen-bond acceptors (Lipinski definition) is 4. The van der Waals surface area contributed by atoms with Gasteiger partial charge in [0.2, 0.25) is 0 Å². The molecule has 144 valence electrons. The van der Waals surface area contributed by atoms with Crippen LogP contribution in [0.3, 0.4) is 0 Å². The highest BCUT2D eigenvalue weighted by Crippen LogP contribution is 2.25. The third-order valence-corrected chi connectivity index (χ3v) is 5.43. The molecule has 0 aromatic heterocycles. The van der Waals surface area contributed by atoms with E-state index in [0.717, 1.165) is 45.8 Å². The van der Waals surface area contributed by atoms with Crippen LogP contribution < -0.4 is 0 Å². The quantitative estimate of drug-likeness (QED) is 0.636. The zero-order valence-electron chi connectivity index (χ0n) is 17.7. The lowest BCUT2D eigenvalue weighted by Crippen LogP contribution is -2.61. The molecule has 1 saturated heterocycles. The summed E-state index contributed by atoms with van der Waals surface area (Å²) in [6, 6.07) is 0. The van der Waals surface area contributed by atoms with Gasteiger partial charge >= 0.3 is 0 Å². The van der Waals surface area contributed by atoms with Crippen molar-refractivity contribution in [2.75, 3.05) is 39.4 Å². The second-order valence-corrected chi connectivity index (χ2v) is 9.36. The van der Waals surface area contributed by atoms with Crippen LogP contribution in [0.5, 0.6) is 0 Å². The van der Waals surface area contributed by atoms with Crippen LogP contribution in [0, 0.1) is 0 Å². The van der Waals surface area contributed by atoms with E-state index < -0.39 is 0 Å². The fraction of sp³-hybridized carbons (Fsp3) is 1.00. The molecule has 0 atom stereocenters. The number of ether oxygens (including phenoxy) is 2. The lowest BCUT2D eigenvalue weighted by atomic mass is 9.98. The van der Waals surface area contributed by atoms with Crippen LogP contribution in [0.1, 0.15) is 68.7 Å². The predicted octanol–water partition coefficient (Wildman–Crippen LogP) is 3.79. The van der Waals surface area contributed by atoms with Gasteiger partial charge in [-0.15, -0.1) is 0 Å². The molecule has 4 nitrogen and oxygen atoms in total. The molecule has 0 saturated carbocycles. The Bertz CT molecular complexity index is 370. The maximum absolute atomic E-state index is 6.18. The number of piperazine rings is 1. The van der Waals surface area contributed by atoms with Crippen molar-refractivity contribution < 1.29 is 9.47 Å². The summed E-state index contributed by atoms with van der Waals surface area (Å²) < 4.78 is 12.0. The summed E-state index contributed by atoms with van der Waals surface area (Å²) in [6.07, 6.45) is 1.34. The molecule has 1 heterocycles. The molecule has 0 N–H and O–H groups in total. The summed E-state index contributed by atoms with van der Waals surface area (Å²) in [5, 5.41) is 0. The van der Waals surface area contributed by atoms with E-state index in [9.17, 15) is 0 Å². The second kappa shape index (κ2) is 8.48. The van der Waals surface area contributed by atoms with Crippen LogP contribution in [-0.2, 0) is 9.47 Å². The zero-order chi connectivity index (χ0) is 18.6. The van der Waals surface area contributed by atoms with Gasteiger partial charge in [-0.05, 0) is 61.8 Å². The van der Waals surface area contributed by atoms with Gasteiger partial charge in [0.05, 0.1) is 24.9 Å². The molecule has 0 amide bonds. The molecule has 0 bridgehead atoms. The van der Waals surface area contributed by atoms with Crippen molar-refractivity contribution in [2.45, 2.75) is 91.5 Å². The van der Waals surface area contributed by atoms with E-state index in [1.807, 2.05) is 0 Å². The van der Waals surface area contributed by atoms with Gasteiger partial charge in [-0.25, -0.2) is 0 Å². The Morgan fingerprint density at radius 3 is 1.58 bits per heavy atom. The van der Waals surface area contributed by atoms with Crippen molar-refractivity contribution in [3.63, 3.8) is 0 Å². The van der Waals surface area contributed by atoms with E-state index in [-0.39, 0.29) is 16.7 Å². The van der Waals surface area contributed by atoms with Crippen LogP contribution in [0.15, 0.2) is 0 Å². The molecule has 1 rings (SSSR count). The van der Waals surface area contributed by atoms with E-state index in [1.54, 1.807) is 0 Å². The van der Waals surface area contributed by atoms with Gasteiger partial charge in [-0.3, -0.25) is 9.80 Å². The Morgan fingerprint density at radius 1 is 0.792 bits per heavy atom. The summed E-state index contributed by atoms with van der Waals surface area (Å²) in [4.78, 5) is 5.15. The molecule has 1 fully saturated rings. The second-order valence-electron chi connectivity index (χ2n) is 9.36. The molecule has 0 unspecified atom stereocenters. The third-order valence-electron chi connectivity index (χ3n) is 5.43. The average molecular weight is 343 g/mol. The highest BCUT2D eigenvalue weighted by atomic mass is 16.5. The van der Waals surface area contributed by atoms with Gasteiger partial charge in [0, 0.05) is 37.3 Å². The van der Waals surface area contributed by atoms with E-state index >= 15 is 0 Å². The normalized spacial score (nSPS) is 19.2. The van der Waals surface area contributed by atoms with Crippen molar-refractivity contribution in [1.82, 2.24) is 9.80 Å².